The van der Waals surface area contributed by atoms with E-state index in [4.69, 9.17) is 4.74 Å². The highest BCUT2D eigenvalue weighted by molar-refractivity contribution is 8.18. The van der Waals surface area contributed by atoms with E-state index in [9.17, 15) is 9.90 Å². The van der Waals surface area contributed by atoms with Crippen LogP contribution in [-0.4, -0.2) is 23.3 Å². The van der Waals surface area contributed by atoms with Gasteiger partial charge in [0.15, 0.2) is 5.17 Å². The molecular weight excluding hydrogens is 324 g/mol. The van der Waals surface area contributed by atoms with Gasteiger partial charge in [-0.25, -0.2) is 4.99 Å². The van der Waals surface area contributed by atoms with E-state index in [2.05, 4.69) is 10.3 Å². The molecule has 0 unspecified atom stereocenters. The van der Waals surface area contributed by atoms with Crippen LogP contribution in [0.2, 0.25) is 0 Å². The molecule has 1 aliphatic rings. The van der Waals surface area contributed by atoms with Crippen molar-refractivity contribution >= 4 is 34.6 Å². The van der Waals surface area contributed by atoms with Gasteiger partial charge in [0.25, 0.3) is 5.91 Å². The predicted octanol–water partition coefficient (Wildman–Crippen LogP) is 3.60. The molecule has 1 saturated heterocycles. The average Bonchev–Trinajstić information content (AvgIpc) is 2.90. The summed E-state index contributed by atoms with van der Waals surface area (Å²) in [4.78, 5) is 17.0. The molecule has 0 atom stereocenters. The van der Waals surface area contributed by atoms with E-state index in [1.54, 1.807) is 25.3 Å². The number of hydrogen-bond donors (Lipinski definition) is 2. The van der Waals surface area contributed by atoms with Gasteiger partial charge in [-0.15, -0.1) is 0 Å². The maximum Gasteiger partial charge on any atom is 0.264 e. The Morgan fingerprint density at radius 2 is 2.04 bits per heavy atom. The molecule has 1 aliphatic heterocycles. The normalized spacial score (nSPS) is 17.3. The number of methoxy groups -OCH3 is 1. The quantitative estimate of drug-likeness (QED) is 0.838. The van der Waals surface area contributed by atoms with Crippen molar-refractivity contribution < 1.29 is 14.6 Å². The van der Waals surface area contributed by atoms with Gasteiger partial charge in [0.05, 0.1) is 12.0 Å². The summed E-state index contributed by atoms with van der Waals surface area (Å²) in [5.74, 6) is 0.552. The van der Waals surface area contributed by atoms with Crippen molar-refractivity contribution in [3.8, 4) is 11.5 Å². The second kappa shape index (κ2) is 6.80. The second-order valence-electron chi connectivity index (χ2n) is 5.22. The lowest BCUT2D eigenvalue weighted by molar-refractivity contribution is -0.115. The van der Waals surface area contributed by atoms with Gasteiger partial charge in [-0.05, 0) is 48.5 Å². The van der Waals surface area contributed by atoms with Crippen molar-refractivity contribution in [1.82, 2.24) is 5.32 Å². The summed E-state index contributed by atoms with van der Waals surface area (Å²) >= 11 is 1.22. The van der Waals surface area contributed by atoms with Gasteiger partial charge in [-0.3, -0.25) is 4.79 Å². The molecule has 0 radical (unpaired) electrons. The molecule has 6 heteroatoms. The molecule has 1 fully saturated rings. The average molecular weight is 340 g/mol. The summed E-state index contributed by atoms with van der Waals surface area (Å²) in [6.45, 7) is 1.89. The summed E-state index contributed by atoms with van der Waals surface area (Å²) in [6, 6.07) is 12.7. The summed E-state index contributed by atoms with van der Waals surface area (Å²) in [5, 5.41) is 13.1. The Hall–Kier alpha value is -2.73. The monoisotopic (exact) mass is 340 g/mol. The number of nitrogens with one attached hydrogen (secondary N) is 1. The minimum Gasteiger partial charge on any atom is -0.506 e. The molecule has 0 aliphatic carbocycles. The predicted molar refractivity (Wildman–Crippen MR) is 96.6 cm³/mol. The Morgan fingerprint density at radius 1 is 1.25 bits per heavy atom. The van der Waals surface area contributed by atoms with E-state index in [0.29, 0.717) is 21.5 Å². The zero-order chi connectivity index (χ0) is 17.1. The number of thioether (sulfide) groups is 1. The molecule has 0 aromatic heterocycles. The first kappa shape index (κ1) is 16.1. The van der Waals surface area contributed by atoms with E-state index >= 15 is 0 Å². The number of amides is 1. The van der Waals surface area contributed by atoms with Crippen LogP contribution in [0.4, 0.5) is 5.69 Å². The smallest absolute Gasteiger partial charge is 0.264 e. The van der Waals surface area contributed by atoms with Crippen LogP contribution in [0.15, 0.2) is 52.4 Å². The topological polar surface area (TPSA) is 70.9 Å². The highest BCUT2D eigenvalue weighted by Crippen LogP contribution is 2.33. The number of carbonyl (C=O) groups is 1. The first-order chi connectivity index (χ1) is 11.6. The molecule has 3 rings (SSSR count). The Bertz CT molecular complexity index is 859. The number of phenolic OH excluding ortho intramolecular Hbond substituents is 1. The minimum absolute atomic E-state index is 0.0829. The molecule has 0 spiro atoms. The number of rotatable bonds is 3. The van der Waals surface area contributed by atoms with Gasteiger partial charge in [0, 0.05) is 5.56 Å². The number of phenols is 1. The number of para-hydroxylation sites is 1. The SMILES string of the molecule is COc1ccccc1/C=C1\SC(=Nc2ccc(C)cc2O)NC1=O. The number of aromatic hydroxyl groups is 1. The van der Waals surface area contributed by atoms with Gasteiger partial charge in [0.2, 0.25) is 0 Å². The van der Waals surface area contributed by atoms with Crippen LogP contribution in [0.25, 0.3) is 6.08 Å². The first-order valence-corrected chi connectivity index (χ1v) is 8.10. The zero-order valence-corrected chi connectivity index (χ0v) is 14.1. The molecule has 24 heavy (non-hydrogen) atoms. The van der Waals surface area contributed by atoms with Crippen LogP contribution < -0.4 is 10.1 Å². The summed E-state index contributed by atoms with van der Waals surface area (Å²) in [6.07, 6.45) is 1.76. The number of amidine groups is 1. The van der Waals surface area contributed by atoms with Gasteiger partial charge in [-0.2, -0.15) is 0 Å². The van der Waals surface area contributed by atoms with Crippen LogP contribution in [0.5, 0.6) is 11.5 Å². The fraction of sp³-hybridized carbons (Fsp3) is 0.111. The van der Waals surface area contributed by atoms with Gasteiger partial charge in [-0.1, -0.05) is 24.3 Å². The number of hydrogen-bond acceptors (Lipinski definition) is 5. The third-order valence-corrected chi connectivity index (χ3v) is 4.34. The van der Waals surface area contributed by atoms with Crippen molar-refractivity contribution in [1.29, 1.82) is 0 Å². The van der Waals surface area contributed by atoms with E-state index in [-0.39, 0.29) is 11.7 Å². The van der Waals surface area contributed by atoms with Gasteiger partial charge in [0.1, 0.15) is 17.2 Å². The van der Waals surface area contributed by atoms with E-state index in [0.717, 1.165) is 11.1 Å². The Labute approximate surface area is 144 Å². The van der Waals surface area contributed by atoms with Crippen molar-refractivity contribution in [2.75, 3.05) is 7.11 Å². The number of carbonyl (C=O) groups excluding carboxylic acids is 1. The lowest BCUT2D eigenvalue weighted by Crippen LogP contribution is -2.19. The zero-order valence-electron chi connectivity index (χ0n) is 13.2. The minimum atomic E-state index is -0.226. The number of aliphatic imine (C=N–C) groups is 1. The molecule has 2 aromatic carbocycles. The van der Waals surface area contributed by atoms with Crippen LogP contribution in [0.1, 0.15) is 11.1 Å². The number of aryl methyl sites for hydroxylation is 1. The van der Waals surface area contributed by atoms with E-state index in [1.807, 2.05) is 37.3 Å². The maximum atomic E-state index is 12.1. The fourth-order valence-electron chi connectivity index (χ4n) is 2.24. The molecule has 0 bridgehead atoms. The second-order valence-corrected chi connectivity index (χ2v) is 6.25. The third-order valence-electron chi connectivity index (χ3n) is 3.43. The Kier molecular flexibility index (Phi) is 4.57. The highest BCUT2D eigenvalue weighted by Gasteiger charge is 2.24. The summed E-state index contributed by atoms with van der Waals surface area (Å²) in [7, 11) is 1.59. The molecule has 122 valence electrons. The van der Waals surface area contributed by atoms with E-state index < -0.39 is 0 Å². The molecule has 2 N–H and O–H groups in total. The number of benzene rings is 2. The van der Waals surface area contributed by atoms with Crippen molar-refractivity contribution in [3.05, 3.63) is 58.5 Å². The third kappa shape index (κ3) is 3.44. The largest absolute Gasteiger partial charge is 0.506 e. The standard InChI is InChI=1S/C18H16N2O3S/c1-11-7-8-13(14(21)9-11)19-18-20-17(22)16(24-18)10-12-5-3-4-6-15(12)23-2/h3-10,21H,1-2H3,(H,19,20,22)/b16-10-. The van der Waals surface area contributed by atoms with Crippen LogP contribution in [0, 0.1) is 6.92 Å². The molecule has 0 saturated carbocycles. The van der Waals surface area contributed by atoms with Crippen molar-refractivity contribution in [2.24, 2.45) is 4.99 Å². The van der Waals surface area contributed by atoms with Gasteiger partial charge >= 0.3 is 0 Å². The summed E-state index contributed by atoms with van der Waals surface area (Å²) in [5.41, 5.74) is 2.18. The summed E-state index contributed by atoms with van der Waals surface area (Å²) < 4.78 is 5.29. The van der Waals surface area contributed by atoms with Gasteiger partial charge < -0.3 is 15.2 Å². The highest BCUT2D eigenvalue weighted by atomic mass is 32.2. The molecular formula is C18H16N2O3S. The lowest BCUT2D eigenvalue weighted by atomic mass is 10.2. The number of ether oxygens (including phenoxy) is 1. The maximum absolute atomic E-state index is 12.1. The van der Waals surface area contributed by atoms with E-state index in [1.165, 1.54) is 11.8 Å². The van der Waals surface area contributed by atoms with Crippen molar-refractivity contribution in [3.63, 3.8) is 0 Å². The molecule has 2 aromatic rings. The number of nitrogens with zero attached hydrogens (tertiary/aromatic N) is 1. The molecule has 1 amide bonds. The lowest BCUT2D eigenvalue weighted by Gasteiger charge is -2.03. The van der Waals surface area contributed by atoms with Crippen molar-refractivity contribution in [2.45, 2.75) is 6.92 Å². The van der Waals surface area contributed by atoms with Crippen LogP contribution >= 0.6 is 11.8 Å². The fourth-order valence-corrected chi connectivity index (χ4v) is 3.07. The first-order valence-electron chi connectivity index (χ1n) is 7.29. The molecule has 5 nitrogen and oxygen atoms in total. The Morgan fingerprint density at radius 3 is 2.79 bits per heavy atom. The van der Waals surface area contributed by atoms with Crippen LogP contribution in [-0.2, 0) is 4.79 Å². The van der Waals surface area contributed by atoms with Crippen LogP contribution in [0.3, 0.4) is 0 Å². The molecule has 1 heterocycles. The Balaban J connectivity index is 1.88.